The lowest BCUT2D eigenvalue weighted by Gasteiger charge is -2.31. The van der Waals surface area contributed by atoms with Gasteiger partial charge in [0.05, 0.1) is 5.92 Å². The summed E-state index contributed by atoms with van der Waals surface area (Å²) in [5.41, 5.74) is 0. The van der Waals surface area contributed by atoms with Gasteiger partial charge >= 0.3 is 6.18 Å². The van der Waals surface area contributed by atoms with E-state index in [2.05, 4.69) is 5.32 Å². The zero-order valence-electron chi connectivity index (χ0n) is 10.9. The lowest BCUT2D eigenvalue weighted by atomic mass is 9.85. The predicted octanol–water partition coefficient (Wildman–Crippen LogP) is 2.85. The summed E-state index contributed by atoms with van der Waals surface area (Å²) in [7, 11) is -0.858. The number of hydrogen-bond acceptors (Lipinski definition) is 2. The smallest absolute Gasteiger partial charge is 0.314 e. The van der Waals surface area contributed by atoms with Crippen LogP contribution in [-0.2, 0) is 10.8 Å². The van der Waals surface area contributed by atoms with Crippen molar-refractivity contribution in [3.63, 3.8) is 0 Å². The van der Waals surface area contributed by atoms with Gasteiger partial charge in [-0.15, -0.1) is 0 Å². The number of rotatable bonds is 5. The average Bonchev–Trinajstić information content (AvgIpc) is 2.28. The molecule has 0 heterocycles. The lowest BCUT2D eigenvalue weighted by molar-refractivity contribution is -0.183. The molecule has 108 valence electrons. The number of halogens is 3. The molecule has 0 aliphatic heterocycles. The first kappa shape index (κ1) is 16.0. The molecule has 0 amide bonds. The van der Waals surface area contributed by atoms with E-state index in [1.165, 1.54) is 0 Å². The summed E-state index contributed by atoms with van der Waals surface area (Å²) in [5, 5.41) is 3.27. The molecule has 4 atom stereocenters. The Hall–Kier alpha value is -0.100. The summed E-state index contributed by atoms with van der Waals surface area (Å²) in [6, 6.07) is -0.0390. The van der Waals surface area contributed by atoms with Gasteiger partial charge in [0.2, 0.25) is 0 Å². The van der Waals surface area contributed by atoms with Crippen molar-refractivity contribution in [2.75, 3.05) is 12.8 Å². The van der Waals surface area contributed by atoms with Crippen LogP contribution < -0.4 is 5.32 Å². The number of nitrogens with one attached hydrogen (secondary N) is 1. The van der Waals surface area contributed by atoms with E-state index in [1.807, 2.05) is 6.92 Å². The molecule has 18 heavy (non-hydrogen) atoms. The van der Waals surface area contributed by atoms with Crippen molar-refractivity contribution in [3.8, 4) is 0 Å². The number of alkyl halides is 3. The predicted molar refractivity (Wildman–Crippen MR) is 67.9 cm³/mol. The van der Waals surface area contributed by atoms with Gasteiger partial charge in [0.25, 0.3) is 0 Å². The minimum Gasteiger partial charge on any atom is -0.314 e. The first-order chi connectivity index (χ1) is 8.30. The minimum atomic E-state index is -4.06. The van der Waals surface area contributed by atoms with E-state index < -0.39 is 22.9 Å². The van der Waals surface area contributed by atoms with E-state index in [0.717, 1.165) is 12.8 Å². The largest absolute Gasteiger partial charge is 0.391 e. The molecular formula is C12H22F3NOS. The quantitative estimate of drug-likeness (QED) is 0.841. The van der Waals surface area contributed by atoms with Gasteiger partial charge in [0.15, 0.2) is 0 Å². The number of hydrogen-bond donors (Lipinski definition) is 1. The first-order valence-corrected chi connectivity index (χ1v) is 8.05. The highest BCUT2D eigenvalue weighted by molar-refractivity contribution is 7.84. The van der Waals surface area contributed by atoms with Crippen LogP contribution in [-0.4, -0.2) is 34.5 Å². The summed E-state index contributed by atoms with van der Waals surface area (Å²) < 4.78 is 49.0. The van der Waals surface area contributed by atoms with E-state index in [-0.39, 0.29) is 24.1 Å². The van der Waals surface area contributed by atoms with E-state index in [9.17, 15) is 17.4 Å². The molecule has 2 nitrogen and oxygen atoms in total. The molecule has 0 aromatic rings. The summed E-state index contributed by atoms with van der Waals surface area (Å²) in [4.78, 5) is 0. The van der Waals surface area contributed by atoms with Gasteiger partial charge in [-0.05, 0) is 32.2 Å². The van der Waals surface area contributed by atoms with Gasteiger partial charge < -0.3 is 5.32 Å². The average molecular weight is 285 g/mol. The zero-order chi connectivity index (χ0) is 13.8. The van der Waals surface area contributed by atoms with Crippen LogP contribution in [0.4, 0.5) is 13.2 Å². The lowest BCUT2D eigenvalue weighted by Crippen LogP contribution is -2.39. The Morgan fingerprint density at radius 3 is 2.61 bits per heavy atom. The fourth-order valence-corrected chi connectivity index (χ4v) is 2.78. The Labute approximate surface area is 109 Å². The van der Waals surface area contributed by atoms with Crippen molar-refractivity contribution in [2.45, 2.75) is 56.5 Å². The third kappa shape index (κ3) is 5.26. The molecule has 0 saturated heterocycles. The molecule has 1 fully saturated rings. The van der Waals surface area contributed by atoms with Crippen molar-refractivity contribution in [3.05, 3.63) is 0 Å². The van der Waals surface area contributed by atoms with Gasteiger partial charge in [-0.3, -0.25) is 4.21 Å². The van der Waals surface area contributed by atoms with Crippen molar-refractivity contribution in [1.29, 1.82) is 0 Å². The molecule has 0 bridgehead atoms. The normalized spacial score (nSPS) is 28.9. The monoisotopic (exact) mass is 285 g/mol. The summed E-state index contributed by atoms with van der Waals surface area (Å²) in [5.74, 6) is -1.15. The second-order valence-corrected chi connectivity index (χ2v) is 6.96. The third-order valence-corrected chi connectivity index (χ3v) is 5.06. The second kappa shape index (κ2) is 6.89. The standard InChI is InChI=1S/C12H22F3NOS/c1-9(18(2)17)6-7-16-11-5-3-4-10(8-11)12(13,14)15/h9-11,16H,3-8H2,1-2H3/t9-,10+,11-,18+/m1/s1. The van der Waals surface area contributed by atoms with E-state index in [0.29, 0.717) is 13.0 Å². The van der Waals surface area contributed by atoms with Crippen molar-refractivity contribution < 1.29 is 17.4 Å². The Bertz CT molecular complexity index is 283. The first-order valence-electron chi connectivity index (χ1n) is 6.43. The fraction of sp³-hybridized carbons (Fsp3) is 1.00. The van der Waals surface area contributed by atoms with Crippen LogP contribution in [0.25, 0.3) is 0 Å². The van der Waals surface area contributed by atoms with Gasteiger partial charge in [-0.25, -0.2) is 0 Å². The zero-order valence-corrected chi connectivity index (χ0v) is 11.7. The highest BCUT2D eigenvalue weighted by Gasteiger charge is 2.41. The molecule has 0 aromatic heterocycles. The molecule has 1 rings (SSSR count). The topological polar surface area (TPSA) is 29.1 Å². The van der Waals surface area contributed by atoms with Crippen LogP contribution in [0.5, 0.6) is 0 Å². The van der Waals surface area contributed by atoms with Crippen LogP contribution in [0.15, 0.2) is 0 Å². The maximum atomic E-state index is 12.6. The molecule has 1 aliphatic rings. The van der Waals surface area contributed by atoms with Crippen molar-refractivity contribution in [1.82, 2.24) is 5.32 Å². The molecule has 0 aromatic carbocycles. The van der Waals surface area contributed by atoms with Crippen LogP contribution >= 0.6 is 0 Å². The Morgan fingerprint density at radius 1 is 1.39 bits per heavy atom. The van der Waals surface area contributed by atoms with Gasteiger partial charge in [0.1, 0.15) is 0 Å². The highest BCUT2D eigenvalue weighted by Crippen LogP contribution is 2.37. The summed E-state index contributed by atoms with van der Waals surface area (Å²) in [6.45, 7) is 2.55. The Morgan fingerprint density at radius 2 is 2.06 bits per heavy atom. The molecule has 1 aliphatic carbocycles. The molecular weight excluding hydrogens is 263 g/mol. The maximum Gasteiger partial charge on any atom is 0.391 e. The van der Waals surface area contributed by atoms with E-state index >= 15 is 0 Å². The van der Waals surface area contributed by atoms with Crippen LogP contribution in [0, 0.1) is 5.92 Å². The summed E-state index contributed by atoms with van der Waals surface area (Å²) >= 11 is 0. The van der Waals surface area contributed by atoms with E-state index in [1.54, 1.807) is 6.26 Å². The van der Waals surface area contributed by atoms with E-state index in [4.69, 9.17) is 0 Å². The maximum absolute atomic E-state index is 12.6. The Balaban J connectivity index is 2.29. The van der Waals surface area contributed by atoms with Crippen molar-refractivity contribution >= 4 is 10.8 Å². The molecule has 6 heteroatoms. The molecule has 0 radical (unpaired) electrons. The highest BCUT2D eigenvalue weighted by atomic mass is 32.2. The van der Waals surface area contributed by atoms with Gasteiger partial charge in [-0.1, -0.05) is 13.3 Å². The van der Waals surface area contributed by atoms with Crippen LogP contribution in [0.1, 0.15) is 39.0 Å². The third-order valence-electron chi connectivity index (χ3n) is 3.69. The van der Waals surface area contributed by atoms with Crippen LogP contribution in [0.2, 0.25) is 0 Å². The molecule has 0 unspecified atom stereocenters. The van der Waals surface area contributed by atoms with Crippen LogP contribution in [0.3, 0.4) is 0 Å². The summed E-state index contributed by atoms with van der Waals surface area (Å²) in [6.07, 6.45) is 0.247. The molecule has 0 spiro atoms. The Kier molecular flexibility index (Phi) is 6.11. The molecule has 1 N–H and O–H groups in total. The fourth-order valence-electron chi connectivity index (χ4n) is 2.33. The SMILES string of the molecule is C[C@H](CCN[C@@H]1CCC[C@H](C(F)(F)F)C1)[S@](C)=O. The second-order valence-electron chi connectivity index (χ2n) is 5.15. The van der Waals surface area contributed by atoms with Gasteiger partial charge in [-0.2, -0.15) is 13.2 Å². The molecule has 1 saturated carbocycles. The minimum absolute atomic E-state index is 0.0390. The van der Waals surface area contributed by atoms with Gasteiger partial charge in [0, 0.05) is 28.3 Å². The van der Waals surface area contributed by atoms with Crippen molar-refractivity contribution in [2.24, 2.45) is 5.92 Å².